The summed E-state index contributed by atoms with van der Waals surface area (Å²) in [7, 11) is -2.58. The van der Waals surface area contributed by atoms with Crippen LogP contribution in [0.3, 0.4) is 0 Å². The molecule has 1 aromatic carbocycles. The van der Waals surface area contributed by atoms with Crippen LogP contribution < -0.4 is 22.5 Å². The first-order valence-corrected chi connectivity index (χ1v) is 16.5. The number of aromatic nitrogens is 4. The maximum atomic E-state index is 13.0. The molecule has 0 spiro atoms. The third-order valence-electron chi connectivity index (χ3n) is 8.32. The van der Waals surface area contributed by atoms with Crippen molar-refractivity contribution in [2.24, 2.45) is 5.92 Å². The molecule has 0 aliphatic carbocycles. The highest BCUT2D eigenvalue weighted by atomic mass is 28.4. The molecule has 0 amide bonds. The van der Waals surface area contributed by atoms with Crippen LogP contribution in [-0.2, 0) is 18.6 Å². The zero-order valence-corrected chi connectivity index (χ0v) is 25.0. The first-order chi connectivity index (χ1) is 19.7. The molecule has 2 fully saturated rings. The minimum absolute atomic E-state index is 0.171. The van der Waals surface area contributed by atoms with Crippen molar-refractivity contribution in [1.29, 1.82) is 0 Å². The molecule has 1 unspecified atom stereocenters. The highest BCUT2D eigenvalue weighted by Gasteiger charge is 2.65. The minimum Gasteiger partial charge on any atom is -0.459 e. The van der Waals surface area contributed by atoms with Crippen LogP contribution in [0.1, 0.15) is 43.6 Å². The zero-order valence-electron chi connectivity index (χ0n) is 24.0. The fraction of sp³-hybridized carbons (Fsp3) is 0.464. The van der Waals surface area contributed by atoms with E-state index in [2.05, 4.69) is 30.7 Å². The summed E-state index contributed by atoms with van der Waals surface area (Å²) in [6.07, 6.45) is -0.378. The average molecular weight is 599 g/mol. The van der Waals surface area contributed by atoms with Gasteiger partial charge in [0, 0.05) is 24.5 Å². The van der Waals surface area contributed by atoms with Gasteiger partial charge in [-0.15, -0.1) is 0 Å². The second-order valence-electron chi connectivity index (χ2n) is 12.1. The van der Waals surface area contributed by atoms with E-state index >= 15 is 0 Å². The SMILES string of the molecule is CC(C)(C)[Si](C)(C)O[C@H]1[C@H]2C(n3ccc(=O)[nH]c3=O)OC[C@]1(COC(=O)c1ccccc1)O[C@H]2n1ccc(=O)[nH]c1=O. The second kappa shape index (κ2) is 10.8. The van der Waals surface area contributed by atoms with Crippen molar-refractivity contribution in [2.75, 3.05) is 13.2 Å². The molecule has 2 aliphatic heterocycles. The van der Waals surface area contributed by atoms with E-state index in [9.17, 15) is 24.0 Å². The molecular formula is C28H34N4O9Si. The summed E-state index contributed by atoms with van der Waals surface area (Å²) in [5.74, 6) is -1.43. The van der Waals surface area contributed by atoms with Gasteiger partial charge in [0.05, 0.1) is 24.2 Å². The zero-order chi connectivity index (χ0) is 30.4. The number of ether oxygens (including phenoxy) is 3. The van der Waals surface area contributed by atoms with Gasteiger partial charge in [-0.1, -0.05) is 39.0 Å². The van der Waals surface area contributed by atoms with Crippen LogP contribution in [-0.4, -0.2) is 58.3 Å². The predicted molar refractivity (Wildman–Crippen MR) is 153 cm³/mol. The van der Waals surface area contributed by atoms with Crippen molar-refractivity contribution in [3.8, 4) is 0 Å². The summed E-state index contributed by atoms with van der Waals surface area (Å²) >= 11 is 0. The summed E-state index contributed by atoms with van der Waals surface area (Å²) in [4.78, 5) is 67.2. The Kier molecular flexibility index (Phi) is 7.60. The van der Waals surface area contributed by atoms with Crippen molar-refractivity contribution < 1.29 is 23.4 Å². The quantitative estimate of drug-likeness (QED) is 0.305. The van der Waals surface area contributed by atoms with Gasteiger partial charge < -0.3 is 18.6 Å². The molecule has 2 saturated heterocycles. The number of hydrogen-bond donors (Lipinski definition) is 2. The molecule has 2 aromatic heterocycles. The summed E-state index contributed by atoms with van der Waals surface area (Å²) in [6.45, 7) is 9.85. The molecule has 3 aromatic rings. The number of hydrogen-bond acceptors (Lipinski definition) is 9. The van der Waals surface area contributed by atoms with Crippen LogP contribution in [0.25, 0.3) is 0 Å². The smallest absolute Gasteiger partial charge is 0.338 e. The van der Waals surface area contributed by atoms with Gasteiger partial charge in [0.2, 0.25) is 0 Å². The number of aromatic amines is 2. The van der Waals surface area contributed by atoms with E-state index in [4.69, 9.17) is 18.6 Å². The van der Waals surface area contributed by atoms with Crippen LogP contribution >= 0.6 is 0 Å². The molecule has 5 atom stereocenters. The summed E-state index contributed by atoms with van der Waals surface area (Å²) in [6, 6.07) is 10.8. The van der Waals surface area contributed by atoms with Crippen LogP contribution in [0, 0.1) is 5.92 Å². The molecule has 2 aliphatic rings. The van der Waals surface area contributed by atoms with E-state index in [1.54, 1.807) is 30.3 Å². The number of esters is 1. The molecule has 42 heavy (non-hydrogen) atoms. The lowest BCUT2D eigenvalue weighted by Gasteiger charge is -2.47. The largest absolute Gasteiger partial charge is 0.459 e. The second-order valence-corrected chi connectivity index (χ2v) is 16.9. The Bertz CT molecular complexity index is 1700. The van der Waals surface area contributed by atoms with E-state index in [1.807, 2.05) is 13.1 Å². The Hall–Kier alpha value is -3.85. The normalized spacial score (nSPS) is 25.7. The molecule has 0 saturated carbocycles. The standard InChI is InChI=1S/C28H34N4O9Si/c1-27(2,3)42(4,5)41-21-20-22(31-13-11-18(33)29-25(31)36)38-15-28(21,16-39-24(35)17-9-7-6-8-10-17)40-23(20)32-14-12-19(34)30-26(32)37/h6-14,20-23H,15-16H2,1-5H3,(H,29,33,36)(H,30,34,37)/t20-,21-,22?,23+,28+/m0/s1. The Morgan fingerprint density at radius 3 is 2.07 bits per heavy atom. The van der Waals surface area contributed by atoms with E-state index in [-0.39, 0.29) is 18.3 Å². The Morgan fingerprint density at radius 1 is 0.952 bits per heavy atom. The van der Waals surface area contributed by atoms with Gasteiger partial charge in [-0.2, -0.15) is 0 Å². The maximum absolute atomic E-state index is 13.0. The van der Waals surface area contributed by atoms with Crippen molar-refractivity contribution in [1.82, 2.24) is 19.1 Å². The number of benzene rings is 1. The van der Waals surface area contributed by atoms with Crippen LogP contribution in [0.15, 0.2) is 74.0 Å². The van der Waals surface area contributed by atoms with Crippen molar-refractivity contribution in [2.45, 2.75) is 63.1 Å². The fourth-order valence-electron chi connectivity index (χ4n) is 5.08. The molecule has 2 N–H and O–H groups in total. The third kappa shape index (κ3) is 5.37. The minimum atomic E-state index is -2.58. The van der Waals surface area contributed by atoms with Gasteiger partial charge in [0.1, 0.15) is 19.1 Å². The molecule has 224 valence electrons. The number of fused-ring (bicyclic) bond motifs is 2. The van der Waals surface area contributed by atoms with E-state index in [1.165, 1.54) is 33.7 Å². The van der Waals surface area contributed by atoms with Crippen LogP contribution in [0.5, 0.6) is 0 Å². The third-order valence-corrected chi connectivity index (χ3v) is 12.8. The first kappa shape index (κ1) is 29.6. The number of rotatable bonds is 7. The molecule has 4 heterocycles. The average Bonchev–Trinajstić information content (AvgIpc) is 3.10. The fourth-order valence-corrected chi connectivity index (χ4v) is 6.44. The van der Waals surface area contributed by atoms with Gasteiger partial charge >= 0.3 is 17.3 Å². The molecule has 5 rings (SSSR count). The Morgan fingerprint density at radius 2 is 1.52 bits per heavy atom. The molecule has 13 nitrogen and oxygen atoms in total. The highest BCUT2D eigenvalue weighted by Crippen LogP contribution is 2.54. The maximum Gasteiger partial charge on any atom is 0.338 e. The number of carbonyl (C=O) groups excluding carboxylic acids is 1. The Labute approximate surface area is 241 Å². The van der Waals surface area contributed by atoms with Crippen molar-refractivity contribution in [3.05, 3.63) is 102 Å². The van der Waals surface area contributed by atoms with Gasteiger partial charge in [0.25, 0.3) is 11.1 Å². The molecule has 2 bridgehead atoms. The van der Waals surface area contributed by atoms with Crippen molar-refractivity contribution in [3.63, 3.8) is 0 Å². The van der Waals surface area contributed by atoms with Gasteiger partial charge in [-0.05, 0) is 30.3 Å². The van der Waals surface area contributed by atoms with Crippen molar-refractivity contribution >= 4 is 14.3 Å². The van der Waals surface area contributed by atoms with Gasteiger partial charge in [-0.3, -0.25) is 28.7 Å². The van der Waals surface area contributed by atoms with E-state index in [0.29, 0.717) is 5.56 Å². The molecular weight excluding hydrogens is 564 g/mol. The molecule has 14 heteroatoms. The topological polar surface area (TPSA) is 164 Å². The predicted octanol–water partition coefficient (Wildman–Crippen LogP) is 1.75. The summed E-state index contributed by atoms with van der Waals surface area (Å²) in [5, 5.41) is -0.249. The number of nitrogens with one attached hydrogen (secondary N) is 2. The van der Waals surface area contributed by atoms with Crippen LogP contribution in [0.2, 0.25) is 18.1 Å². The van der Waals surface area contributed by atoms with Gasteiger partial charge in [0.15, 0.2) is 13.9 Å². The lowest BCUT2D eigenvalue weighted by atomic mass is 9.86. The Balaban J connectivity index is 1.64. The molecule has 0 radical (unpaired) electrons. The lowest BCUT2D eigenvalue weighted by Crippen LogP contribution is -2.60. The highest BCUT2D eigenvalue weighted by molar-refractivity contribution is 6.74. The summed E-state index contributed by atoms with van der Waals surface area (Å²) < 4.78 is 28.0. The van der Waals surface area contributed by atoms with Gasteiger partial charge in [-0.25, -0.2) is 14.4 Å². The van der Waals surface area contributed by atoms with E-state index < -0.39 is 66.9 Å². The van der Waals surface area contributed by atoms with Crippen LogP contribution in [0.4, 0.5) is 0 Å². The number of nitrogens with zero attached hydrogens (tertiary/aromatic N) is 2. The number of carbonyl (C=O) groups is 1. The number of H-pyrrole nitrogens is 2. The summed E-state index contributed by atoms with van der Waals surface area (Å²) in [5.41, 5.74) is -3.68. The van der Waals surface area contributed by atoms with E-state index in [0.717, 1.165) is 0 Å². The lowest BCUT2D eigenvalue weighted by molar-refractivity contribution is -0.189. The first-order valence-electron chi connectivity index (χ1n) is 13.5. The monoisotopic (exact) mass is 598 g/mol.